The second kappa shape index (κ2) is 6.20. The third-order valence-corrected chi connectivity index (χ3v) is 4.52. The Bertz CT molecular complexity index is 322. The molecular weight excluding hydrogens is 230 g/mol. The standard InChI is InChI=1S/C10H21NO4S/c1-5-15-9(12)6-7-11-8-10(2,3)16(4,13)14/h11H,5-8H2,1-4H3. The highest BCUT2D eigenvalue weighted by molar-refractivity contribution is 7.92. The van der Waals surface area contributed by atoms with Gasteiger partial charge in [-0.05, 0) is 20.8 Å². The van der Waals surface area contributed by atoms with Crippen LogP contribution in [-0.2, 0) is 19.4 Å². The van der Waals surface area contributed by atoms with E-state index in [0.717, 1.165) is 0 Å². The van der Waals surface area contributed by atoms with Crippen LogP contribution in [0.25, 0.3) is 0 Å². The quantitative estimate of drug-likeness (QED) is 0.522. The van der Waals surface area contributed by atoms with Crippen LogP contribution in [0.5, 0.6) is 0 Å². The summed E-state index contributed by atoms with van der Waals surface area (Å²) in [4.78, 5) is 11.0. The van der Waals surface area contributed by atoms with Crippen molar-refractivity contribution in [3.05, 3.63) is 0 Å². The lowest BCUT2D eigenvalue weighted by Gasteiger charge is -2.22. The lowest BCUT2D eigenvalue weighted by molar-refractivity contribution is -0.142. The molecule has 0 aliphatic rings. The first-order chi connectivity index (χ1) is 7.20. The molecule has 0 aromatic rings. The van der Waals surface area contributed by atoms with E-state index in [1.165, 1.54) is 6.26 Å². The largest absolute Gasteiger partial charge is 0.466 e. The van der Waals surface area contributed by atoms with Crippen molar-refractivity contribution in [3.8, 4) is 0 Å². The minimum atomic E-state index is -3.09. The zero-order chi connectivity index (χ0) is 12.8. The lowest BCUT2D eigenvalue weighted by Crippen LogP contribution is -2.42. The van der Waals surface area contributed by atoms with Crippen LogP contribution < -0.4 is 5.32 Å². The molecule has 0 bridgehead atoms. The van der Waals surface area contributed by atoms with Gasteiger partial charge in [-0.15, -0.1) is 0 Å². The maximum Gasteiger partial charge on any atom is 0.307 e. The van der Waals surface area contributed by atoms with E-state index in [1.807, 2.05) is 0 Å². The zero-order valence-electron chi connectivity index (χ0n) is 10.4. The molecule has 0 fully saturated rings. The highest BCUT2D eigenvalue weighted by atomic mass is 32.2. The molecular formula is C10H21NO4S. The summed E-state index contributed by atoms with van der Waals surface area (Å²) < 4.78 is 26.6. The van der Waals surface area contributed by atoms with E-state index < -0.39 is 14.6 Å². The number of carbonyl (C=O) groups excluding carboxylic acids is 1. The van der Waals surface area contributed by atoms with Crippen LogP contribution >= 0.6 is 0 Å². The van der Waals surface area contributed by atoms with Gasteiger partial charge in [0.25, 0.3) is 0 Å². The fourth-order valence-corrected chi connectivity index (χ4v) is 1.31. The van der Waals surface area contributed by atoms with Crippen LogP contribution in [0.3, 0.4) is 0 Å². The molecule has 5 nitrogen and oxygen atoms in total. The Balaban J connectivity index is 3.88. The highest BCUT2D eigenvalue weighted by Crippen LogP contribution is 2.13. The Morgan fingerprint density at radius 2 is 1.94 bits per heavy atom. The average molecular weight is 251 g/mol. The Kier molecular flexibility index (Phi) is 5.96. The molecule has 0 aliphatic heterocycles. The van der Waals surface area contributed by atoms with E-state index in [9.17, 15) is 13.2 Å². The molecule has 0 amide bonds. The number of hydrogen-bond donors (Lipinski definition) is 1. The number of rotatable bonds is 7. The van der Waals surface area contributed by atoms with Gasteiger partial charge in [0.05, 0.1) is 17.8 Å². The molecule has 0 aliphatic carbocycles. The molecule has 96 valence electrons. The topological polar surface area (TPSA) is 72.5 Å². The second-order valence-electron chi connectivity index (χ2n) is 4.26. The van der Waals surface area contributed by atoms with Crippen molar-refractivity contribution in [1.82, 2.24) is 5.32 Å². The molecule has 0 radical (unpaired) electrons. The molecule has 16 heavy (non-hydrogen) atoms. The smallest absolute Gasteiger partial charge is 0.307 e. The van der Waals surface area contributed by atoms with Gasteiger partial charge in [-0.3, -0.25) is 4.79 Å². The van der Waals surface area contributed by atoms with Gasteiger partial charge in [-0.2, -0.15) is 0 Å². The summed E-state index contributed by atoms with van der Waals surface area (Å²) in [5, 5.41) is 2.94. The predicted molar refractivity (Wildman–Crippen MR) is 63.0 cm³/mol. The summed E-state index contributed by atoms with van der Waals surface area (Å²) in [5.41, 5.74) is 0. The number of ether oxygens (including phenoxy) is 1. The van der Waals surface area contributed by atoms with Crippen molar-refractivity contribution in [2.75, 3.05) is 26.0 Å². The van der Waals surface area contributed by atoms with Crippen LogP contribution in [0.4, 0.5) is 0 Å². The number of carbonyl (C=O) groups is 1. The third-order valence-electron chi connectivity index (χ3n) is 2.37. The van der Waals surface area contributed by atoms with E-state index >= 15 is 0 Å². The second-order valence-corrected chi connectivity index (χ2v) is 6.91. The van der Waals surface area contributed by atoms with E-state index in [0.29, 0.717) is 19.7 Å². The Morgan fingerprint density at radius 1 is 1.38 bits per heavy atom. The summed E-state index contributed by atoms with van der Waals surface area (Å²) in [6.45, 7) is 6.17. The number of esters is 1. The van der Waals surface area contributed by atoms with Crippen molar-refractivity contribution < 1.29 is 17.9 Å². The summed E-state index contributed by atoms with van der Waals surface area (Å²) >= 11 is 0. The van der Waals surface area contributed by atoms with Crippen molar-refractivity contribution in [2.24, 2.45) is 0 Å². The monoisotopic (exact) mass is 251 g/mol. The van der Waals surface area contributed by atoms with Crippen LogP contribution in [0.2, 0.25) is 0 Å². The maximum absolute atomic E-state index is 11.4. The van der Waals surface area contributed by atoms with Gasteiger partial charge < -0.3 is 10.1 Å². The van der Waals surface area contributed by atoms with E-state index in [2.05, 4.69) is 5.32 Å². The number of hydrogen-bond acceptors (Lipinski definition) is 5. The lowest BCUT2D eigenvalue weighted by atomic mass is 10.2. The molecule has 0 saturated heterocycles. The molecule has 0 aromatic heterocycles. The van der Waals surface area contributed by atoms with E-state index in [1.54, 1.807) is 20.8 Å². The first-order valence-electron chi connectivity index (χ1n) is 5.26. The van der Waals surface area contributed by atoms with Crippen molar-refractivity contribution in [3.63, 3.8) is 0 Å². The summed E-state index contributed by atoms with van der Waals surface area (Å²) in [6, 6.07) is 0. The molecule has 0 unspecified atom stereocenters. The third kappa shape index (κ3) is 5.46. The van der Waals surface area contributed by atoms with Gasteiger partial charge in [0.1, 0.15) is 0 Å². The van der Waals surface area contributed by atoms with Crippen molar-refractivity contribution >= 4 is 15.8 Å². The van der Waals surface area contributed by atoms with Crippen LogP contribution in [0.15, 0.2) is 0 Å². The van der Waals surface area contributed by atoms with Gasteiger partial charge in [-0.1, -0.05) is 0 Å². The average Bonchev–Trinajstić information content (AvgIpc) is 2.11. The van der Waals surface area contributed by atoms with Gasteiger partial charge in [0.15, 0.2) is 9.84 Å². The highest BCUT2D eigenvalue weighted by Gasteiger charge is 2.29. The van der Waals surface area contributed by atoms with Gasteiger partial charge in [0.2, 0.25) is 0 Å². The first-order valence-corrected chi connectivity index (χ1v) is 7.16. The van der Waals surface area contributed by atoms with Gasteiger partial charge >= 0.3 is 5.97 Å². The molecule has 0 saturated carbocycles. The van der Waals surface area contributed by atoms with Crippen LogP contribution in [0, 0.1) is 0 Å². The molecule has 0 rings (SSSR count). The minimum absolute atomic E-state index is 0.258. The fraction of sp³-hybridized carbons (Fsp3) is 0.900. The first kappa shape index (κ1) is 15.4. The predicted octanol–water partition coefficient (Wildman–Crippen LogP) is 0.352. The molecule has 1 N–H and O–H groups in total. The molecule has 6 heteroatoms. The molecule has 0 aromatic carbocycles. The van der Waals surface area contributed by atoms with Crippen molar-refractivity contribution in [1.29, 1.82) is 0 Å². The number of sulfone groups is 1. The summed E-state index contributed by atoms with van der Waals surface area (Å²) in [6.07, 6.45) is 1.47. The van der Waals surface area contributed by atoms with Crippen LogP contribution in [-0.4, -0.2) is 45.1 Å². The van der Waals surface area contributed by atoms with E-state index in [4.69, 9.17) is 4.74 Å². The maximum atomic E-state index is 11.4. The van der Waals surface area contributed by atoms with Crippen LogP contribution in [0.1, 0.15) is 27.2 Å². The van der Waals surface area contributed by atoms with E-state index in [-0.39, 0.29) is 12.4 Å². The van der Waals surface area contributed by atoms with Crippen molar-refractivity contribution in [2.45, 2.75) is 31.9 Å². The zero-order valence-corrected chi connectivity index (χ0v) is 11.2. The van der Waals surface area contributed by atoms with Gasteiger partial charge in [0, 0.05) is 19.3 Å². The summed E-state index contributed by atoms with van der Waals surface area (Å²) in [5.74, 6) is -0.271. The molecule has 0 atom stereocenters. The summed E-state index contributed by atoms with van der Waals surface area (Å²) in [7, 11) is -3.09. The fourth-order valence-electron chi connectivity index (χ4n) is 0.944. The SMILES string of the molecule is CCOC(=O)CCNCC(C)(C)S(C)(=O)=O. The number of nitrogens with one attached hydrogen (secondary N) is 1. The Hall–Kier alpha value is -0.620. The minimum Gasteiger partial charge on any atom is -0.466 e. The van der Waals surface area contributed by atoms with Gasteiger partial charge in [-0.25, -0.2) is 8.42 Å². The Morgan fingerprint density at radius 3 is 2.38 bits per heavy atom. The molecule has 0 heterocycles. The molecule has 0 spiro atoms. The normalized spacial score (nSPS) is 12.5. The Labute approximate surface area is 97.5 Å².